The van der Waals surface area contributed by atoms with E-state index in [1.54, 1.807) is 7.11 Å². The van der Waals surface area contributed by atoms with Crippen LogP contribution in [0.4, 0.5) is 0 Å². The number of aliphatic hydroxyl groups is 1. The van der Waals surface area contributed by atoms with Crippen LogP contribution in [-0.2, 0) is 13.2 Å². The first-order valence-corrected chi connectivity index (χ1v) is 8.43. The molecule has 2 rings (SSSR count). The van der Waals surface area contributed by atoms with Gasteiger partial charge in [-0.15, -0.1) is 0 Å². The summed E-state index contributed by atoms with van der Waals surface area (Å²) in [5.74, 6) is 1.15. The van der Waals surface area contributed by atoms with E-state index < -0.39 is 0 Å². The molecule has 2 N–H and O–H groups in total. The smallest absolute Gasteiger partial charge is 0.180 e. The lowest BCUT2D eigenvalue weighted by Gasteiger charge is -2.17. The Balaban J connectivity index is 2.09. The highest BCUT2D eigenvalue weighted by molar-refractivity contribution is 6.32. The fourth-order valence-corrected chi connectivity index (χ4v) is 2.63. The summed E-state index contributed by atoms with van der Waals surface area (Å²) in [6, 6.07) is 13.7. The first-order valence-electron chi connectivity index (χ1n) is 8.05. The van der Waals surface area contributed by atoms with E-state index in [4.69, 9.17) is 21.1 Å². The molecule has 130 valence electrons. The van der Waals surface area contributed by atoms with Gasteiger partial charge in [0.2, 0.25) is 0 Å². The van der Waals surface area contributed by atoms with Crippen LogP contribution < -0.4 is 14.8 Å². The maximum absolute atomic E-state index is 9.25. The van der Waals surface area contributed by atoms with Crippen LogP contribution in [0.2, 0.25) is 5.02 Å². The van der Waals surface area contributed by atoms with Gasteiger partial charge in [0.25, 0.3) is 0 Å². The molecule has 0 heterocycles. The largest absolute Gasteiger partial charge is 0.493 e. The first kappa shape index (κ1) is 18.6. The van der Waals surface area contributed by atoms with Crippen LogP contribution in [0.5, 0.6) is 11.5 Å². The minimum Gasteiger partial charge on any atom is -0.493 e. The van der Waals surface area contributed by atoms with E-state index in [1.807, 2.05) is 49.4 Å². The molecule has 0 spiro atoms. The standard InChI is InChI=1S/C19H24ClNO3/c1-3-16(12-22)21-11-15-9-17(20)19(18(10-15)23-2)24-13-14-7-5-4-6-8-14/h4-10,16,21-22H,3,11-13H2,1-2H3/t16-/m0/s1. The van der Waals surface area contributed by atoms with Crippen molar-refractivity contribution in [2.24, 2.45) is 0 Å². The Kier molecular flexibility index (Phi) is 7.37. The molecule has 0 fully saturated rings. The molecule has 0 aliphatic carbocycles. The maximum Gasteiger partial charge on any atom is 0.180 e. The number of nitrogens with one attached hydrogen (secondary N) is 1. The Labute approximate surface area is 148 Å². The SMILES string of the molecule is CC[C@@H](CO)NCc1cc(Cl)c(OCc2ccccc2)c(OC)c1. The van der Waals surface area contributed by atoms with Crippen molar-refractivity contribution in [3.8, 4) is 11.5 Å². The molecule has 1 atom stereocenters. The van der Waals surface area contributed by atoms with Gasteiger partial charge in [0.05, 0.1) is 18.7 Å². The molecule has 0 saturated carbocycles. The summed E-state index contributed by atoms with van der Waals surface area (Å²) in [6.07, 6.45) is 0.861. The Morgan fingerprint density at radius 3 is 2.54 bits per heavy atom. The van der Waals surface area contributed by atoms with Gasteiger partial charge < -0.3 is 19.9 Å². The number of methoxy groups -OCH3 is 1. The summed E-state index contributed by atoms with van der Waals surface area (Å²) in [5.41, 5.74) is 2.05. The van der Waals surface area contributed by atoms with Crippen LogP contribution in [0.25, 0.3) is 0 Å². The molecule has 0 aliphatic rings. The number of ether oxygens (including phenoxy) is 2. The molecule has 0 saturated heterocycles. The highest BCUT2D eigenvalue weighted by atomic mass is 35.5. The summed E-state index contributed by atoms with van der Waals surface area (Å²) in [5, 5.41) is 13.0. The molecule has 24 heavy (non-hydrogen) atoms. The summed E-state index contributed by atoms with van der Waals surface area (Å²) in [6.45, 7) is 3.17. The summed E-state index contributed by atoms with van der Waals surface area (Å²) in [4.78, 5) is 0. The van der Waals surface area contributed by atoms with Crippen LogP contribution in [0, 0.1) is 0 Å². The molecule has 0 aliphatic heterocycles. The van der Waals surface area contributed by atoms with Crippen LogP contribution >= 0.6 is 11.6 Å². The van der Waals surface area contributed by atoms with Crippen molar-refractivity contribution in [1.82, 2.24) is 5.32 Å². The van der Waals surface area contributed by atoms with E-state index >= 15 is 0 Å². The Morgan fingerprint density at radius 1 is 1.17 bits per heavy atom. The predicted octanol–water partition coefficient (Wildman–Crippen LogP) is 3.79. The summed E-state index contributed by atoms with van der Waals surface area (Å²) < 4.78 is 11.3. The fourth-order valence-electron chi connectivity index (χ4n) is 2.35. The van der Waals surface area contributed by atoms with E-state index in [-0.39, 0.29) is 12.6 Å². The zero-order chi connectivity index (χ0) is 17.4. The second-order valence-corrected chi connectivity index (χ2v) is 5.96. The summed E-state index contributed by atoms with van der Waals surface area (Å²) >= 11 is 6.38. The molecule has 2 aromatic rings. The maximum atomic E-state index is 9.25. The number of halogens is 1. The van der Waals surface area contributed by atoms with Crippen LogP contribution in [0.1, 0.15) is 24.5 Å². The van der Waals surface area contributed by atoms with Crippen molar-refractivity contribution < 1.29 is 14.6 Å². The van der Waals surface area contributed by atoms with Crippen LogP contribution in [0.3, 0.4) is 0 Å². The molecule has 0 unspecified atom stereocenters. The average Bonchev–Trinajstić information content (AvgIpc) is 2.62. The number of rotatable bonds is 9. The van der Waals surface area contributed by atoms with Gasteiger partial charge in [0.15, 0.2) is 11.5 Å². The molecule has 0 bridgehead atoms. The van der Waals surface area contributed by atoms with Crippen molar-refractivity contribution in [3.05, 3.63) is 58.6 Å². The van der Waals surface area contributed by atoms with Gasteiger partial charge in [-0.25, -0.2) is 0 Å². The van der Waals surface area contributed by atoms with Crippen molar-refractivity contribution >= 4 is 11.6 Å². The number of hydrogen-bond donors (Lipinski definition) is 2. The second kappa shape index (κ2) is 9.52. The monoisotopic (exact) mass is 349 g/mol. The first-order chi connectivity index (χ1) is 11.7. The molecule has 0 aromatic heterocycles. The number of hydrogen-bond acceptors (Lipinski definition) is 4. The molecule has 2 aromatic carbocycles. The lowest BCUT2D eigenvalue weighted by molar-refractivity contribution is 0.238. The van der Waals surface area contributed by atoms with E-state index in [1.165, 1.54) is 0 Å². The van der Waals surface area contributed by atoms with Gasteiger partial charge in [-0.3, -0.25) is 0 Å². The third kappa shape index (κ3) is 5.13. The number of aliphatic hydroxyl groups excluding tert-OH is 1. The highest BCUT2D eigenvalue weighted by Crippen LogP contribution is 2.37. The van der Waals surface area contributed by atoms with Crippen LogP contribution in [0.15, 0.2) is 42.5 Å². The van der Waals surface area contributed by atoms with E-state index in [0.717, 1.165) is 17.5 Å². The highest BCUT2D eigenvalue weighted by Gasteiger charge is 2.13. The normalized spacial score (nSPS) is 12.0. The van der Waals surface area contributed by atoms with Crippen molar-refractivity contribution in [2.75, 3.05) is 13.7 Å². The van der Waals surface area contributed by atoms with Crippen molar-refractivity contribution in [2.45, 2.75) is 32.5 Å². The van der Waals surface area contributed by atoms with Gasteiger partial charge >= 0.3 is 0 Å². The lowest BCUT2D eigenvalue weighted by Crippen LogP contribution is -2.31. The third-order valence-electron chi connectivity index (χ3n) is 3.82. The third-order valence-corrected chi connectivity index (χ3v) is 4.10. The minimum atomic E-state index is 0.0729. The number of benzene rings is 2. The molecule has 4 nitrogen and oxygen atoms in total. The van der Waals surface area contributed by atoms with E-state index in [9.17, 15) is 5.11 Å². The summed E-state index contributed by atoms with van der Waals surface area (Å²) in [7, 11) is 1.60. The van der Waals surface area contributed by atoms with Crippen LogP contribution in [-0.4, -0.2) is 24.9 Å². The molecule has 0 amide bonds. The Morgan fingerprint density at radius 2 is 1.92 bits per heavy atom. The molecule has 0 radical (unpaired) electrons. The Hall–Kier alpha value is -1.75. The lowest BCUT2D eigenvalue weighted by atomic mass is 10.1. The quantitative estimate of drug-likeness (QED) is 0.723. The van der Waals surface area contributed by atoms with Crippen molar-refractivity contribution in [3.63, 3.8) is 0 Å². The average molecular weight is 350 g/mol. The van der Waals surface area contributed by atoms with E-state index in [2.05, 4.69) is 5.32 Å². The Bertz CT molecular complexity index is 630. The van der Waals surface area contributed by atoms with Gasteiger partial charge in [-0.2, -0.15) is 0 Å². The zero-order valence-electron chi connectivity index (χ0n) is 14.1. The second-order valence-electron chi connectivity index (χ2n) is 5.55. The van der Waals surface area contributed by atoms with E-state index in [0.29, 0.717) is 29.7 Å². The molecule has 5 heteroatoms. The van der Waals surface area contributed by atoms with Gasteiger partial charge in [0, 0.05) is 12.6 Å². The molecular weight excluding hydrogens is 326 g/mol. The zero-order valence-corrected chi connectivity index (χ0v) is 14.8. The topological polar surface area (TPSA) is 50.7 Å². The van der Waals surface area contributed by atoms with Gasteiger partial charge in [0.1, 0.15) is 6.61 Å². The molecular formula is C19H24ClNO3. The van der Waals surface area contributed by atoms with Gasteiger partial charge in [-0.05, 0) is 29.7 Å². The fraction of sp³-hybridized carbons (Fsp3) is 0.368. The van der Waals surface area contributed by atoms with Gasteiger partial charge in [-0.1, -0.05) is 48.9 Å². The predicted molar refractivity (Wildman–Crippen MR) is 96.8 cm³/mol. The minimum absolute atomic E-state index is 0.0729. The van der Waals surface area contributed by atoms with Crippen molar-refractivity contribution in [1.29, 1.82) is 0 Å².